The van der Waals surface area contributed by atoms with Gasteiger partial charge < -0.3 is 5.11 Å². The van der Waals surface area contributed by atoms with Crippen LogP contribution in [0, 0.1) is 0 Å². The Hall–Kier alpha value is -2.30. The van der Waals surface area contributed by atoms with Gasteiger partial charge in [0.15, 0.2) is 0 Å². The number of aliphatic carboxylic acids is 1. The van der Waals surface area contributed by atoms with E-state index in [1.54, 1.807) is 36.7 Å². The molecule has 0 aliphatic rings. The summed E-state index contributed by atoms with van der Waals surface area (Å²) in [4.78, 5) is 15.1. The zero-order valence-corrected chi connectivity index (χ0v) is 9.02. The van der Waals surface area contributed by atoms with Gasteiger partial charge >= 0.3 is 5.97 Å². The molecule has 0 aromatic carbocycles. The fraction of sp³-hybridized carbons (Fsp3) is 0.167. The van der Waals surface area contributed by atoms with E-state index in [-0.39, 0.29) is 12.3 Å². The van der Waals surface area contributed by atoms with Gasteiger partial charge in [0.05, 0.1) is 23.7 Å². The maximum Gasteiger partial charge on any atom is 0.304 e. The molecule has 2 rings (SSSR count). The van der Waals surface area contributed by atoms with Crippen LogP contribution in [0.1, 0.15) is 23.7 Å². The van der Waals surface area contributed by atoms with Crippen molar-refractivity contribution < 1.29 is 9.90 Å². The normalized spacial score (nSPS) is 12.0. The molecule has 2 aromatic rings. The Morgan fingerprint density at radius 2 is 2.00 bits per heavy atom. The summed E-state index contributed by atoms with van der Waals surface area (Å²) in [5.41, 5.74) is 1.31. The Balaban J connectivity index is 2.36. The van der Waals surface area contributed by atoms with Crippen molar-refractivity contribution in [1.82, 2.24) is 15.2 Å². The van der Waals surface area contributed by atoms with E-state index in [1.807, 2.05) is 6.07 Å². The highest BCUT2D eigenvalue weighted by Gasteiger charge is 2.20. The van der Waals surface area contributed by atoms with Gasteiger partial charge in [0.2, 0.25) is 0 Å². The van der Waals surface area contributed by atoms with Crippen molar-refractivity contribution >= 4 is 5.97 Å². The van der Waals surface area contributed by atoms with Gasteiger partial charge in [-0.15, -0.1) is 0 Å². The molecule has 0 bridgehead atoms. The van der Waals surface area contributed by atoms with E-state index in [9.17, 15) is 4.79 Å². The van der Waals surface area contributed by atoms with Crippen LogP contribution in [-0.4, -0.2) is 26.3 Å². The second kappa shape index (κ2) is 5.16. The van der Waals surface area contributed by atoms with Crippen LogP contribution in [0.3, 0.4) is 0 Å². The van der Waals surface area contributed by atoms with Gasteiger partial charge in [0, 0.05) is 12.4 Å². The fourth-order valence-electron chi connectivity index (χ4n) is 1.62. The zero-order valence-electron chi connectivity index (χ0n) is 9.02. The molecule has 1 unspecified atom stereocenters. The molecule has 0 saturated heterocycles. The van der Waals surface area contributed by atoms with E-state index >= 15 is 0 Å². The molecule has 0 aliphatic heterocycles. The minimum Gasteiger partial charge on any atom is -0.481 e. The average Bonchev–Trinajstić information content (AvgIpc) is 2.38. The Bertz CT molecular complexity index is 448. The first-order valence-corrected chi connectivity index (χ1v) is 5.17. The summed E-state index contributed by atoms with van der Waals surface area (Å²) in [6, 6.07) is 8.91. The summed E-state index contributed by atoms with van der Waals surface area (Å²) in [5.74, 6) is -1.24. The van der Waals surface area contributed by atoms with Crippen LogP contribution in [0.25, 0.3) is 0 Å². The number of nitrogens with zero attached hydrogens (tertiary/aromatic N) is 3. The fourth-order valence-corrected chi connectivity index (χ4v) is 1.62. The molecule has 0 spiro atoms. The first kappa shape index (κ1) is 11.2. The number of rotatable bonds is 4. The van der Waals surface area contributed by atoms with Gasteiger partial charge in [-0.1, -0.05) is 6.07 Å². The number of carbonyl (C=O) groups is 1. The van der Waals surface area contributed by atoms with Crippen LogP contribution < -0.4 is 0 Å². The van der Waals surface area contributed by atoms with Crippen molar-refractivity contribution in [3.8, 4) is 0 Å². The minimum absolute atomic E-state index is 0.0459. The third-order valence-corrected chi connectivity index (χ3v) is 2.37. The molecular formula is C12H11N3O2. The van der Waals surface area contributed by atoms with Gasteiger partial charge in [-0.05, 0) is 24.3 Å². The monoisotopic (exact) mass is 229 g/mol. The molecule has 1 atom stereocenters. The molecule has 2 aromatic heterocycles. The van der Waals surface area contributed by atoms with Gasteiger partial charge in [-0.25, -0.2) is 0 Å². The second-order valence-corrected chi connectivity index (χ2v) is 3.55. The second-order valence-electron chi connectivity index (χ2n) is 3.55. The van der Waals surface area contributed by atoms with Crippen molar-refractivity contribution in [3.05, 3.63) is 54.1 Å². The first-order valence-electron chi connectivity index (χ1n) is 5.17. The van der Waals surface area contributed by atoms with Gasteiger partial charge in [0.1, 0.15) is 0 Å². The van der Waals surface area contributed by atoms with Crippen LogP contribution in [0.4, 0.5) is 0 Å². The minimum atomic E-state index is -0.883. The highest BCUT2D eigenvalue weighted by Crippen LogP contribution is 2.23. The van der Waals surface area contributed by atoms with Crippen molar-refractivity contribution in [3.63, 3.8) is 0 Å². The van der Waals surface area contributed by atoms with Crippen molar-refractivity contribution in [2.45, 2.75) is 12.3 Å². The molecule has 86 valence electrons. The first-order chi connectivity index (χ1) is 8.27. The number of carboxylic acids is 1. The summed E-state index contributed by atoms with van der Waals surface area (Å²) in [6.07, 6.45) is 3.15. The quantitative estimate of drug-likeness (QED) is 0.859. The SMILES string of the molecule is O=C(O)CC(c1ccccn1)c1cccnn1. The van der Waals surface area contributed by atoms with E-state index in [0.29, 0.717) is 11.4 Å². The predicted molar refractivity (Wildman–Crippen MR) is 60.4 cm³/mol. The summed E-state index contributed by atoms with van der Waals surface area (Å²) >= 11 is 0. The molecule has 0 saturated carbocycles. The molecule has 1 N–H and O–H groups in total. The molecule has 2 heterocycles. The lowest BCUT2D eigenvalue weighted by Gasteiger charge is -2.12. The summed E-state index contributed by atoms with van der Waals surface area (Å²) in [5, 5.41) is 16.7. The lowest BCUT2D eigenvalue weighted by molar-refractivity contribution is -0.137. The lowest BCUT2D eigenvalue weighted by atomic mass is 9.96. The molecule has 0 fully saturated rings. The van der Waals surface area contributed by atoms with E-state index in [0.717, 1.165) is 0 Å². The van der Waals surface area contributed by atoms with Crippen molar-refractivity contribution in [1.29, 1.82) is 0 Å². The Kier molecular flexibility index (Phi) is 3.40. The molecule has 17 heavy (non-hydrogen) atoms. The largest absolute Gasteiger partial charge is 0.481 e. The Morgan fingerprint density at radius 3 is 2.59 bits per heavy atom. The lowest BCUT2D eigenvalue weighted by Crippen LogP contribution is -2.11. The average molecular weight is 229 g/mol. The molecule has 0 amide bonds. The van der Waals surface area contributed by atoms with Gasteiger partial charge in [0.25, 0.3) is 0 Å². The maximum atomic E-state index is 10.9. The number of aromatic nitrogens is 3. The van der Waals surface area contributed by atoms with E-state index in [4.69, 9.17) is 5.11 Å². The summed E-state index contributed by atoms with van der Waals surface area (Å²) in [6.45, 7) is 0. The van der Waals surface area contributed by atoms with Crippen LogP contribution >= 0.6 is 0 Å². The van der Waals surface area contributed by atoms with Crippen molar-refractivity contribution in [2.75, 3.05) is 0 Å². The molecule has 5 nitrogen and oxygen atoms in total. The molecule has 5 heteroatoms. The van der Waals surface area contributed by atoms with Crippen LogP contribution in [0.5, 0.6) is 0 Å². The highest BCUT2D eigenvalue weighted by molar-refractivity contribution is 5.68. The topological polar surface area (TPSA) is 76.0 Å². The van der Waals surface area contributed by atoms with Crippen LogP contribution in [0.15, 0.2) is 42.7 Å². The van der Waals surface area contributed by atoms with Crippen LogP contribution in [0.2, 0.25) is 0 Å². The summed E-state index contributed by atoms with van der Waals surface area (Å²) in [7, 11) is 0. The van der Waals surface area contributed by atoms with Crippen molar-refractivity contribution in [2.24, 2.45) is 0 Å². The predicted octanol–water partition coefficient (Wildman–Crippen LogP) is 1.48. The zero-order chi connectivity index (χ0) is 12.1. The number of carboxylic acid groups (broad SMARTS) is 1. The number of hydrogen-bond donors (Lipinski definition) is 1. The smallest absolute Gasteiger partial charge is 0.304 e. The van der Waals surface area contributed by atoms with E-state index in [1.165, 1.54) is 0 Å². The Morgan fingerprint density at radius 1 is 1.18 bits per heavy atom. The maximum absolute atomic E-state index is 10.9. The summed E-state index contributed by atoms with van der Waals surface area (Å²) < 4.78 is 0. The third-order valence-electron chi connectivity index (χ3n) is 2.37. The highest BCUT2D eigenvalue weighted by atomic mass is 16.4. The third kappa shape index (κ3) is 2.84. The standard InChI is InChI=1S/C12H11N3O2/c16-12(17)8-9(10-4-1-2-6-13-10)11-5-3-7-14-15-11/h1-7,9H,8H2,(H,16,17). The van der Waals surface area contributed by atoms with E-state index in [2.05, 4.69) is 15.2 Å². The molecule has 0 aliphatic carbocycles. The number of hydrogen-bond acceptors (Lipinski definition) is 4. The van der Waals surface area contributed by atoms with E-state index < -0.39 is 5.97 Å². The molecule has 0 radical (unpaired) electrons. The number of pyridine rings is 1. The Labute approximate surface area is 98.2 Å². The van der Waals surface area contributed by atoms with Gasteiger partial charge in [-0.3, -0.25) is 9.78 Å². The molecular weight excluding hydrogens is 218 g/mol. The van der Waals surface area contributed by atoms with Crippen LogP contribution in [-0.2, 0) is 4.79 Å². The van der Waals surface area contributed by atoms with Gasteiger partial charge in [-0.2, -0.15) is 10.2 Å².